The second kappa shape index (κ2) is 12.9. The van der Waals surface area contributed by atoms with E-state index in [9.17, 15) is 14.4 Å². The van der Waals surface area contributed by atoms with Gasteiger partial charge < -0.3 is 20.3 Å². The number of benzene rings is 2. The molecule has 0 aliphatic heterocycles. The van der Waals surface area contributed by atoms with Crippen molar-refractivity contribution in [2.24, 2.45) is 5.92 Å². The van der Waals surface area contributed by atoms with Gasteiger partial charge in [0.25, 0.3) is 5.91 Å². The number of halogens is 1. The van der Waals surface area contributed by atoms with Gasteiger partial charge in [-0.15, -0.1) is 0 Å². The number of amides is 3. The standard InChI is InChI=1S/C31H44ClN3O4/c1-19(2)18-24(33-29(38)39-31(8,9)10)28(37)35(30(5,6)7)26(22-16-14-20(3)15-17-22)27(36)34-25-21(4)12-11-13-23(25)32/h11-17,19,24,26H,18H2,1-10H3,(H,33,38)(H,34,36). The third-order valence-electron chi connectivity index (χ3n) is 6.03. The molecule has 0 heterocycles. The summed E-state index contributed by atoms with van der Waals surface area (Å²) in [7, 11) is 0. The van der Waals surface area contributed by atoms with E-state index < -0.39 is 35.2 Å². The van der Waals surface area contributed by atoms with Gasteiger partial charge in [-0.2, -0.15) is 0 Å². The molecule has 0 fully saturated rings. The Balaban J connectivity index is 2.62. The van der Waals surface area contributed by atoms with Crippen molar-refractivity contribution < 1.29 is 19.1 Å². The van der Waals surface area contributed by atoms with Gasteiger partial charge in [-0.1, -0.05) is 67.4 Å². The third-order valence-corrected chi connectivity index (χ3v) is 6.34. The Morgan fingerprint density at radius 1 is 0.949 bits per heavy atom. The van der Waals surface area contributed by atoms with Crippen molar-refractivity contribution in [3.05, 3.63) is 64.2 Å². The topological polar surface area (TPSA) is 87.7 Å². The third kappa shape index (κ3) is 9.27. The summed E-state index contributed by atoms with van der Waals surface area (Å²) in [6.07, 6.45) is -0.311. The largest absolute Gasteiger partial charge is 0.444 e. The molecule has 2 rings (SSSR count). The molecule has 0 spiro atoms. The van der Waals surface area contributed by atoms with E-state index in [-0.39, 0.29) is 11.8 Å². The first-order valence-corrected chi connectivity index (χ1v) is 13.7. The Labute approximate surface area is 238 Å². The maximum absolute atomic E-state index is 14.3. The normalized spacial score (nSPS) is 13.4. The summed E-state index contributed by atoms with van der Waals surface area (Å²) in [5.74, 6) is -0.689. The first-order chi connectivity index (χ1) is 17.9. The molecule has 7 nitrogen and oxygen atoms in total. The molecule has 0 aromatic heterocycles. The van der Waals surface area contributed by atoms with Gasteiger partial charge in [-0.3, -0.25) is 9.59 Å². The molecule has 0 aliphatic carbocycles. The van der Waals surface area contributed by atoms with E-state index in [0.29, 0.717) is 22.7 Å². The average Bonchev–Trinajstić information content (AvgIpc) is 2.77. The highest BCUT2D eigenvalue weighted by molar-refractivity contribution is 6.34. The zero-order valence-electron chi connectivity index (χ0n) is 24.9. The number of nitrogens with one attached hydrogen (secondary N) is 2. The molecular weight excluding hydrogens is 514 g/mol. The Bertz CT molecular complexity index is 1140. The maximum atomic E-state index is 14.3. The SMILES string of the molecule is Cc1ccc(C(C(=O)Nc2c(C)cccc2Cl)N(C(=O)C(CC(C)C)NC(=O)OC(C)(C)C)C(C)(C)C)cc1. The fourth-order valence-corrected chi connectivity index (χ4v) is 4.57. The molecule has 2 unspecified atom stereocenters. The smallest absolute Gasteiger partial charge is 0.408 e. The van der Waals surface area contributed by atoms with Gasteiger partial charge in [0.1, 0.15) is 17.7 Å². The summed E-state index contributed by atoms with van der Waals surface area (Å²) in [5.41, 5.74) is 1.45. The van der Waals surface area contributed by atoms with Crippen LogP contribution in [0.5, 0.6) is 0 Å². The molecule has 0 aliphatic rings. The van der Waals surface area contributed by atoms with Crippen LogP contribution in [0.2, 0.25) is 5.02 Å². The fourth-order valence-electron chi connectivity index (χ4n) is 4.30. The summed E-state index contributed by atoms with van der Waals surface area (Å²) in [6.45, 7) is 18.7. The molecule has 2 aromatic rings. The second-order valence-corrected chi connectivity index (χ2v) is 12.8. The van der Waals surface area contributed by atoms with E-state index in [2.05, 4.69) is 10.6 Å². The van der Waals surface area contributed by atoms with Crippen LogP contribution in [0.25, 0.3) is 0 Å². The van der Waals surface area contributed by atoms with Crippen molar-refractivity contribution in [1.29, 1.82) is 0 Å². The molecule has 214 valence electrons. The first-order valence-electron chi connectivity index (χ1n) is 13.4. The average molecular weight is 558 g/mol. The van der Waals surface area contributed by atoms with Crippen LogP contribution in [0.1, 0.15) is 84.5 Å². The zero-order chi connectivity index (χ0) is 29.7. The molecule has 2 N–H and O–H groups in total. The van der Waals surface area contributed by atoms with Crippen molar-refractivity contribution in [2.75, 3.05) is 5.32 Å². The van der Waals surface area contributed by atoms with Gasteiger partial charge in [0, 0.05) is 5.54 Å². The van der Waals surface area contributed by atoms with E-state index in [1.165, 1.54) is 0 Å². The molecule has 8 heteroatoms. The van der Waals surface area contributed by atoms with E-state index >= 15 is 0 Å². The predicted molar refractivity (Wildman–Crippen MR) is 158 cm³/mol. The minimum atomic E-state index is -0.996. The number of carbonyl (C=O) groups excluding carboxylic acids is 3. The zero-order valence-corrected chi connectivity index (χ0v) is 25.7. The quantitative estimate of drug-likeness (QED) is 0.359. The molecule has 39 heavy (non-hydrogen) atoms. The van der Waals surface area contributed by atoms with Crippen LogP contribution in [-0.4, -0.2) is 40.0 Å². The van der Waals surface area contributed by atoms with Crippen LogP contribution in [0.15, 0.2) is 42.5 Å². The minimum Gasteiger partial charge on any atom is -0.444 e. The predicted octanol–water partition coefficient (Wildman–Crippen LogP) is 7.20. The monoisotopic (exact) mass is 557 g/mol. The van der Waals surface area contributed by atoms with Gasteiger partial charge in [-0.25, -0.2) is 4.79 Å². The van der Waals surface area contributed by atoms with E-state index in [4.69, 9.17) is 16.3 Å². The molecule has 0 radical (unpaired) electrons. The lowest BCUT2D eigenvalue weighted by molar-refractivity contribution is -0.147. The number of aryl methyl sites for hydroxylation is 2. The number of alkyl carbamates (subject to hydrolysis) is 1. The molecule has 0 saturated heterocycles. The summed E-state index contributed by atoms with van der Waals surface area (Å²) in [5, 5.41) is 6.15. The van der Waals surface area contributed by atoms with Crippen molar-refractivity contribution >= 4 is 35.2 Å². The maximum Gasteiger partial charge on any atom is 0.408 e. The number of hydrogen-bond donors (Lipinski definition) is 2. The van der Waals surface area contributed by atoms with Gasteiger partial charge in [0.2, 0.25) is 5.91 Å². The summed E-state index contributed by atoms with van der Waals surface area (Å²) < 4.78 is 5.46. The molecule has 0 saturated carbocycles. The lowest BCUT2D eigenvalue weighted by atomic mass is 9.93. The number of hydrogen-bond acceptors (Lipinski definition) is 4. The van der Waals surface area contributed by atoms with Crippen molar-refractivity contribution in [2.45, 2.75) is 98.9 Å². The number of ether oxygens (including phenoxy) is 1. The van der Waals surface area contributed by atoms with Crippen LogP contribution >= 0.6 is 11.6 Å². The Kier molecular flexibility index (Phi) is 10.6. The number of rotatable bonds is 8. The molecule has 2 aromatic carbocycles. The second-order valence-electron chi connectivity index (χ2n) is 12.4. The van der Waals surface area contributed by atoms with Crippen LogP contribution in [0.4, 0.5) is 10.5 Å². The van der Waals surface area contributed by atoms with Gasteiger partial charge in [0.15, 0.2) is 0 Å². The van der Waals surface area contributed by atoms with Gasteiger partial charge in [0.05, 0.1) is 10.7 Å². The highest BCUT2D eigenvalue weighted by Gasteiger charge is 2.42. The highest BCUT2D eigenvalue weighted by Crippen LogP contribution is 2.33. The lowest BCUT2D eigenvalue weighted by Gasteiger charge is -2.43. The van der Waals surface area contributed by atoms with Gasteiger partial charge >= 0.3 is 6.09 Å². The van der Waals surface area contributed by atoms with Crippen LogP contribution in [-0.2, 0) is 14.3 Å². The first kappa shape index (κ1) is 32.2. The molecule has 0 bridgehead atoms. The summed E-state index contributed by atoms with van der Waals surface area (Å²) >= 11 is 6.44. The molecule has 2 atom stereocenters. The van der Waals surface area contributed by atoms with E-state index in [1.54, 1.807) is 31.7 Å². The number of anilines is 1. The highest BCUT2D eigenvalue weighted by atomic mass is 35.5. The van der Waals surface area contributed by atoms with E-state index in [0.717, 1.165) is 11.1 Å². The number of carbonyl (C=O) groups is 3. The van der Waals surface area contributed by atoms with Crippen LogP contribution in [0, 0.1) is 19.8 Å². The fraction of sp³-hybridized carbons (Fsp3) is 0.516. The van der Waals surface area contributed by atoms with Gasteiger partial charge in [-0.05, 0) is 84.9 Å². The van der Waals surface area contributed by atoms with E-state index in [1.807, 2.05) is 84.9 Å². The van der Waals surface area contributed by atoms with Crippen LogP contribution < -0.4 is 10.6 Å². The molecule has 3 amide bonds. The molecular formula is C31H44ClN3O4. The summed E-state index contributed by atoms with van der Waals surface area (Å²) in [6, 6.07) is 11.0. The van der Waals surface area contributed by atoms with Crippen molar-refractivity contribution in [3.63, 3.8) is 0 Å². The minimum absolute atomic E-state index is 0.0909. The van der Waals surface area contributed by atoms with Crippen molar-refractivity contribution in [3.8, 4) is 0 Å². The Morgan fingerprint density at radius 3 is 2.03 bits per heavy atom. The number of para-hydroxylation sites is 1. The number of nitrogens with zero attached hydrogens (tertiary/aromatic N) is 1. The Hall–Kier alpha value is -3.06. The lowest BCUT2D eigenvalue weighted by Crippen LogP contribution is -2.58. The van der Waals surface area contributed by atoms with Crippen molar-refractivity contribution in [1.82, 2.24) is 10.2 Å². The Morgan fingerprint density at radius 2 is 1.54 bits per heavy atom. The van der Waals surface area contributed by atoms with Crippen LogP contribution in [0.3, 0.4) is 0 Å². The summed E-state index contributed by atoms with van der Waals surface area (Å²) in [4.78, 5) is 42.7.